The summed E-state index contributed by atoms with van der Waals surface area (Å²) in [6.07, 6.45) is 4.24. The summed E-state index contributed by atoms with van der Waals surface area (Å²) in [5.41, 5.74) is 2.61. The number of aromatic nitrogens is 2. The van der Waals surface area contributed by atoms with Gasteiger partial charge in [0.05, 0.1) is 29.2 Å². The first kappa shape index (κ1) is 20.9. The lowest BCUT2D eigenvalue weighted by Crippen LogP contribution is -2.29. The molecule has 1 aliphatic heterocycles. The van der Waals surface area contributed by atoms with Gasteiger partial charge in [0.15, 0.2) is 4.96 Å². The minimum Gasteiger partial charge on any atom is -0.342 e. The number of hydrogen-bond acceptors (Lipinski definition) is 5. The van der Waals surface area contributed by atoms with Crippen LogP contribution in [0.4, 0.5) is 0 Å². The Morgan fingerprint density at radius 1 is 1.20 bits per heavy atom. The molecular formula is C22H26N4O2S2. The van der Waals surface area contributed by atoms with E-state index in [4.69, 9.17) is 0 Å². The number of nitrogens with zero attached hydrogens (tertiary/aromatic N) is 4. The summed E-state index contributed by atoms with van der Waals surface area (Å²) in [5, 5.41) is 0. The van der Waals surface area contributed by atoms with Crippen LogP contribution < -0.4 is 0 Å². The Morgan fingerprint density at radius 3 is 2.70 bits per heavy atom. The Bertz CT molecular complexity index is 1080. The number of carbonyl (C=O) groups is 2. The highest BCUT2D eigenvalue weighted by atomic mass is 32.2. The Kier molecular flexibility index (Phi) is 6.15. The van der Waals surface area contributed by atoms with Gasteiger partial charge in [-0.05, 0) is 38.8 Å². The maximum atomic E-state index is 13.2. The van der Waals surface area contributed by atoms with Gasteiger partial charge in [-0.15, -0.1) is 23.1 Å². The van der Waals surface area contributed by atoms with Crippen LogP contribution in [-0.2, 0) is 11.3 Å². The molecule has 0 radical (unpaired) electrons. The van der Waals surface area contributed by atoms with Crippen molar-refractivity contribution in [1.29, 1.82) is 0 Å². The van der Waals surface area contributed by atoms with Gasteiger partial charge in [-0.2, -0.15) is 0 Å². The van der Waals surface area contributed by atoms with E-state index in [0.29, 0.717) is 17.9 Å². The fourth-order valence-electron chi connectivity index (χ4n) is 3.77. The van der Waals surface area contributed by atoms with Crippen LogP contribution in [0.5, 0.6) is 0 Å². The standard InChI is InChI=1S/C22H26N4O2S2/c1-15-12-26-18(16(2)23-22(26)30-15)13-24(3)21(28)17-8-4-5-9-19(17)29-14-20(27)25-10-6-7-11-25/h4-5,8-9,12H,6-7,10-11,13-14H2,1-3H3. The second kappa shape index (κ2) is 8.81. The zero-order chi connectivity index (χ0) is 21.3. The third-order valence-electron chi connectivity index (χ3n) is 5.40. The smallest absolute Gasteiger partial charge is 0.255 e. The quantitative estimate of drug-likeness (QED) is 0.542. The molecule has 2 aromatic heterocycles. The van der Waals surface area contributed by atoms with Crippen molar-refractivity contribution in [1.82, 2.24) is 19.2 Å². The first-order chi connectivity index (χ1) is 14.4. The summed E-state index contributed by atoms with van der Waals surface area (Å²) >= 11 is 3.10. The van der Waals surface area contributed by atoms with E-state index in [1.165, 1.54) is 16.6 Å². The Balaban J connectivity index is 1.48. The number of carbonyl (C=O) groups excluding carboxylic acids is 2. The number of fused-ring (bicyclic) bond motifs is 1. The molecule has 1 saturated heterocycles. The van der Waals surface area contributed by atoms with Gasteiger partial charge in [0.1, 0.15) is 0 Å². The van der Waals surface area contributed by atoms with E-state index in [0.717, 1.165) is 47.2 Å². The molecule has 2 amide bonds. The number of likely N-dealkylation sites (tertiary alicyclic amines) is 1. The molecule has 4 rings (SSSR count). The lowest BCUT2D eigenvalue weighted by atomic mass is 10.2. The third-order valence-corrected chi connectivity index (χ3v) is 7.36. The molecule has 3 heterocycles. The number of benzene rings is 1. The van der Waals surface area contributed by atoms with Crippen LogP contribution >= 0.6 is 23.1 Å². The molecule has 0 spiro atoms. The van der Waals surface area contributed by atoms with Crippen LogP contribution in [0.3, 0.4) is 0 Å². The minimum absolute atomic E-state index is 0.0481. The monoisotopic (exact) mass is 442 g/mol. The van der Waals surface area contributed by atoms with Crippen LogP contribution in [0, 0.1) is 13.8 Å². The number of rotatable bonds is 6. The van der Waals surface area contributed by atoms with Gasteiger partial charge >= 0.3 is 0 Å². The first-order valence-electron chi connectivity index (χ1n) is 10.1. The molecular weight excluding hydrogens is 416 g/mol. The fourth-order valence-corrected chi connectivity index (χ4v) is 5.61. The van der Waals surface area contributed by atoms with Crippen LogP contribution in [-0.4, -0.2) is 56.9 Å². The maximum absolute atomic E-state index is 13.2. The van der Waals surface area contributed by atoms with Gasteiger partial charge in [-0.25, -0.2) is 4.98 Å². The van der Waals surface area contributed by atoms with Gasteiger partial charge in [-0.3, -0.25) is 14.0 Å². The van der Waals surface area contributed by atoms with E-state index in [9.17, 15) is 9.59 Å². The Morgan fingerprint density at radius 2 is 1.93 bits per heavy atom. The van der Waals surface area contributed by atoms with E-state index in [1.54, 1.807) is 16.2 Å². The molecule has 8 heteroatoms. The highest BCUT2D eigenvalue weighted by Gasteiger charge is 2.22. The van der Waals surface area contributed by atoms with Crippen molar-refractivity contribution in [3.05, 3.63) is 52.3 Å². The summed E-state index contributed by atoms with van der Waals surface area (Å²) in [7, 11) is 1.82. The molecule has 0 atom stereocenters. The predicted octanol–water partition coefficient (Wildman–Crippen LogP) is 4.00. The Hall–Kier alpha value is -2.32. The van der Waals surface area contributed by atoms with Crippen molar-refractivity contribution in [2.45, 2.75) is 38.1 Å². The zero-order valence-corrected chi connectivity index (χ0v) is 19.2. The number of imidazole rings is 1. The third kappa shape index (κ3) is 4.25. The maximum Gasteiger partial charge on any atom is 0.255 e. The lowest BCUT2D eigenvalue weighted by molar-refractivity contribution is -0.127. The molecule has 0 aliphatic carbocycles. The van der Waals surface area contributed by atoms with Crippen LogP contribution in [0.2, 0.25) is 0 Å². The van der Waals surface area contributed by atoms with Crippen molar-refractivity contribution in [3.8, 4) is 0 Å². The fraction of sp³-hybridized carbons (Fsp3) is 0.409. The summed E-state index contributed by atoms with van der Waals surface area (Å²) in [6.45, 7) is 6.22. The lowest BCUT2D eigenvalue weighted by Gasteiger charge is -2.19. The van der Waals surface area contributed by atoms with Crippen molar-refractivity contribution < 1.29 is 9.59 Å². The number of thiazole rings is 1. The molecule has 1 fully saturated rings. The average molecular weight is 443 g/mol. The van der Waals surface area contributed by atoms with E-state index >= 15 is 0 Å². The molecule has 0 unspecified atom stereocenters. The SMILES string of the molecule is Cc1cn2c(CN(C)C(=O)c3ccccc3SCC(=O)N3CCCC3)c(C)nc2s1. The van der Waals surface area contributed by atoms with E-state index in [1.807, 2.05) is 43.1 Å². The largest absolute Gasteiger partial charge is 0.342 e. The summed E-state index contributed by atoms with van der Waals surface area (Å²) in [5.74, 6) is 0.469. The summed E-state index contributed by atoms with van der Waals surface area (Å²) < 4.78 is 2.08. The number of amides is 2. The highest BCUT2D eigenvalue weighted by Crippen LogP contribution is 2.26. The topological polar surface area (TPSA) is 57.9 Å². The van der Waals surface area contributed by atoms with Gasteiger partial charge < -0.3 is 9.80 Å². The molecule has 1 aromatic carbocycles. The first-order valence-corrected chi connectivity index (χ1v) is 11.9. The minimum atomic E-state index is -0.0481. The Labute approximate surface area is 184 Å². The molecule has 1 aliphatic rings. The second-order valence-electron chi connectivity index (χ2n) is 7.67. The summed E-state index contributed by atoms with van der Waals surface area (Å²) in [4.78, 5) is 36.9. The number of thioether (sulfide) groups is 1. The summed E-state index contributed by atoms with van der Waals surface area (Å²) in [6, 6.07) is 7.55. The van der Waals surface area contributed by atoms with Crippen LogP contribution in [0.25, 0.3) is 4.96 Å². The number of aryl methyl sites for hydroxylation is 2. The molecule has 3 aromatic rings. The van der Waals surface area contributed by atoms with Crippen LogP contribution in [0.1, 0.15) is 39.5 Å². The highest BCUT2D eigenvalue weighted by molar-refractivity contribution is 8.00. The van der Waals surface area contributed by atoms with Gasteiger partial charge in [-0.1, -0.05) is 12.1 Å². The molecule has 0 saturated carbocycles. The van der Waals surface area contributed by atoms with Crippen molar-refractivity contribution in [2.24, 2.45) is 0 Å². The average Bonchev–Trinajstić information content (AvgIpc) is 3.44. The zero-order valence-electron chi connectivity index (χ0n) is 17.6. The molecule has 158 valence electrons. The molecule has 30 heavy (non-hydrogen) atoms. The molecule has 0 bridgehead atoms. The predicted molar refractivity (Wildman–Crippen MR) is 121 cm³/mol. The van der Waals surface area contributed by atoms with Gasteiger partial charge in [0, 0.05) is 36.1 Å². The molecule has 6 nitrogen and oxygen atoms in total. The number of hydrogen-bond donors (Lipinski definition) is 0. The van der Waals surface area contributed by atoms with E-state index in [-0.39, 0.29) is 11.8 Å². The van der Waals surface area contributed by atoms with Crippen molar-refractivity contribution in [2.75, 3.05) is 25.9 Å². The normalized spacial score (nSPS) is 13.9. The van der Waals surface area contributed by atoms with E-state index < -0.39 is 0 Å². The van der Waals surface area contributed by atoms with Crippen LogP contribution in [0.15, 0.2) is 35.4 Å². The van der Waals surface area contributed by atoms with Crippen molar-refractivity contribution >= 4 is 39.9 Å². The van der Waals surface area contributed by atoms with Gasteiger partial charge in [0.2, 0.25) is 5.91 Å². The van der Waals surface area contributed by atoms with Gasteiger partial charge in [0.25, 0.3) is 5.91 Å². The van der Waals surface area contributed by atoms with Crippen molar-refractivity contribution in [3.63, 3.8) is 0 Å². The van der Waals surface area contributed by atoms with E-state index in [2.05, 4.69) is 22.5 Å². The molecule has 0 N–H and O–H groups in total. The second-order valence-corrected chi connectivity index (χ2v) is 9.90.